The quantitative estimate of drug-likeness (QED) is 0.818. The lowest BCUT2D eigenvalue weighted by atomic mass is 9.57. The third kappa shape index (κ3) is 2.27. The molecule has 6 nitrogen and oxygen atoms in total. The third-order valence-corrected chi connectivity index (χ3v) is 6.01. The van der Waals surface area contributed by atoms with Crippen LogP contribution in [0.5, 0.6) is 5.88 Å². The largest absolute Gasteiger partial charge is 0.511 e. The standard InChI is InChI=1S/C20H20N4O2/c1-11-15-4-3-14-17(20(15,2)9-13(10-21)16(11)25)23-18(24-19(14)26)12-5-7-22-8-6-12/h5-8,11,15,25H,3-4,9H2,1-2H3,(H,23,24,26)/t11-,15-,20-/m1/s1. The van der Waals surface area contributed by atoms with E-state index in [0.29, 0.717) is 24.2 Å². The van der Waals surface area contributed by atoms with Crippen LogP contribution in [-0.2, 0) is 11.8 Å². The first-order valence-corrected chi connectivity index (χ1v) is 8.78. The molecule has 2 aromatic rings. The van der Waals surface area contributed by atoms with Crippen LogP contribution in [0.4, 0.5) is 0 Å². The van der Waals surface area contributed by atoms with Crippen LogP contribution in [0.3, 0.4) is 0 Å². The number of aromatic hydroxyl groups is 1. The van der Waals surface area contributed by atoms with Crippen LogP contribution in [0.25, 0.3) is 11.4 Å². The number of pyridine rings is 1. The molecule has 0 fully saturated rings. The van der Waals surface area contributed by atoms with Crippen molar-refractivity contribution in [3.05, 3.63) is 47.1 Å². The van der Waals surface area contributed by atoms with Crippen molar-refractivity contribution in [2.24, 2.45) is 11.8 Å². The fraction of sp³-hybridized carbons (Fsp3) is 0.400. The number of hydrogen-bond acceptors (Lipinski definition) is 6. The van der Waals surface area contributed by atoms with Crippen LogP contribution in [0, 0.1) is 23.2 Å². The third-order valence-electron chi connectivity index (χ3n) is 6.01. The second-order valence-electron chi connectivity index (χ2n) is 7.44. The van der Waals surface area contributed by atoms with Crippen molar-refractivity contribution < 1.29 is 10.2 Å². The van der Waals surface area contributed by atoms with Crippen LogP contribution in [0.2, 0.25) is 0 Å². The first-order valence-electron chi connectivity index (χ1n) is 8.78. The molecule has 4 rings (SSSR count). The van der Waals surface area contributed by atoms with Gasteiger partial charge < -0.3 is 10.2 Å². The second-order valence-corrected chi connectivity index (χ2v) is 7.44. The minimum Gasteiger partial charge on any atom is -0.511 e. The van der Waals surface area contributed by atoms with Gasteiger partial charge >= 0.3 is 0 Å². The van der Waals surface area contributed by atoms with E-state index < -0.39 is 5.41 Å². The van der Waals surface area contributed by atoms with Crippen LogP contribution in [0.1, 0.15) is 37.9 Å². The van der Waals surface area contributed by atoms with Crippen LogP contribution in [0.15, 0.2) is 35.9 Å². The van der Waals surface area contributed by atoms with Gasteiger partial charge in [0.2, 0.25) is 5.88 Å². The van der Waals surface area contributed by atoms with E-state index in [1.54, 1.807) is 24.5 Å². The van der Waals surface area contributed by atoms with Crippen molar-refractivity contribution in [1.29, 1.82) is 5.26 Å². The van der Waals surface area contributed by atoms with Gasteiger partial charge in [-0.2, -0.15) is 10.2 Å². The molecule has 0 amide bonds. The highest BCUT2D eigenvalue weighted by Gasteiger charge is 2.50. The number of nitrogens with zero attached hydrogens (tertiary/aromatic N) is 4. The summed E-state index contributed by atoms with van der Waals surface area (Å²) in [5.41, 5.74) is 2.32. The Morgan fingerprint density at radius 1 is 1.23 bits per heavy atom. The van der Waals surface area contributed by atoms with Crippen LogP contribution < -0.4 is 0 Å². The van der Waals surface area contributed by atoms with E-state index in [9.17, 15) is 15.5 Å². The number of aromatic nitrogens is 3. The Bertz CT molecular complexity index is 948. The molecule has 2 heterocycles. The fourth-order valence-electron chi connectivity index (χ4n) is 4.64. The number of hydrogen-bond donors (Lipinski definition) is 2. The Balaban J connectivity index is 1.91. The minimum absolute atomic E-state index is 0.00595. The van der Waals surface area contributed by atoms with Gasteiger partial charge in [0.25, 0.3) is 0 Å². The monoisotopic (exact) mass is 348 g/mol. The molecule has 26 heavy (non-hydrogen) atoms. The predicted molar refractivity (Wildman–Crippen MR) is 95.1 cm³/mol. The van der Waals surface area contributed by atoms with E-state index in [2.05, 4.69) is 23.0 Å². The molecule has 2 N–H and O–H groups in total. The number of nitriles is 1. The lowest BCUT2D eigenvalue weighted by molar-refractivity contribution is 0.134. The zero-order valence-electron chi connectivity index (χ0n) is 14.8. The van der Waals surface area contributed by atoms with Gasteiger partial charge in [0.1, 0.15) is 5.76 Å². The summed E-state index contributed by atoms with van der Waals surface area (Å²) in [5.74, 6) is 0.706. The van der Waals surface area contributed by atoms with Gasteiger partial charge in [-0.15, -0.1) is 0 Å². The summed E-state index contributed by atoms with van der Waals surface area (Å²) >= 11 is 0. The Labute approximate surface area is 151 Å². The molecule has 0 spiro atoms. The summed E-state index contributed by atoms with van der Waals surface area (Å²) in [6.45, 7) is 4.04. The minimum atomic E-state index is -0.424. The molecular weight excluding hydrogens is 328 g/mol. The molecule has 3 atom stereocenters. The Hall–Kier alpha value is -2.94. The predicted octanol–water partition coefficient (Wildman–Crippen LogP) is 3.44. The van der Waals surface area contributed by atoms with Crippen LogP contribution >= 0.6 is 0 Å². The summed E-state index contributed by atoms with van der Waals surface area (Å²) in [5, 5.41) is 30.4. The van der Waals surface area contributed by atoms with Crippen molar-refractivity contribution in [2.45, 2.75) is 38.5 Å². The zero-order valence-corrected chi connectivity index (χ0v) is 14.8. The van der Waals surface area contributed by atoms with Gasteiger partial charge in [0.05, 0.1) is 17.3 Å². The molecule has 2 aromatic heterocycles. The number of aliphatic hydroxyl groups excluding tert-OH is 1. The highest BCUT2D eigenvalue weighted by atomic mass is 16.3. The lowest BCUT2D eigenvalue weighted by Gasteiger charge is -2.47. The molecule has 0 saturated carbocycles. The van der Waals surface area contributed by atoms with E-state index in [4.69, 9.17) is 4.98 Å². The second kappa shape index (κ2) is 5.80. The van der Waals surface area contributed by atoms with Gasteiger partial charge in [-0.25, -0.2) is 4.98 Å². The van der Waals surface area contributed by atoms with Gasteiger partial charge in [-0.1, -0.05) is 13.8 Å². The maximum absolute atomic E-state index is 10.6. The Morgan fingerprint density at radius 3 is 2.65 bits per heavy atom. The van der Waals surface area contributed by atoms with E-state index in [-0.39, 0.29) is 23.5 Å². The molecule has 2 aliphatic rings. The average Bonchev–Trinajstić information content (AvgIpc) is 2.65. The van der Waals surface area contributed by atoms with Crippen molar-refractivity contribution in [3.63, 3.8) is 0 Å². The van der Waals surface area contributed by atoms with Gasteiger partial charge in [-0.3, -0.25) is 4.98 Å². The first-order chi connectivity index (χ1) is 12.5. The van der Waals surface area contributed by atoms with Crippen molar-refractivity contribution in [2.75, 3.05) is 0 Å². The number of rotatable bonds is 1. The van der Waals surface area contributed by atoms with Crippen molar-refractivity contribution >= 4 is 0 Å². The number of allylic oxidation sites excluding steroid dienone is 2. The molecule has 0 unspecified atom stereocenters. The van der Waals surface area contributed by atoms with E-state index in [1.807, 2.05) is 6.92 Å². The first kappa shape index (κ1) is 16.5. The molecule has 0 radical (unpaired) electrons. The molecule has 0 aliphatic heterocycles. The maximum Gasteiger partial charge on any atom is 0.217 e. The normalized spacial score (nSPS) is 27.4. The van der Waals surface area contributed by atoms with Gasteiger partial charge in [0, 0.05) is 34.9 Å². The highest BCUT2D eigenvalue weighted by molar-refractivity contribution is 5.57. The molecule has 2 aliphatic carbocycles. The lowest BCUT2D eigenvalue weighted by Crippen LogP contribution is -2.45. The summed E-state index contributed by atoms with van der Waals surface area (Å²) in [6.07, 6.45) is 5.23. The van der Waals surface area contributed by atoms with Crippen LogP contribution in [-0.4, -0.2) is 25.2 Å². The summed E-state index contributed by atoms with van der Waals surface area (Å²) < 4.78 is 0. The molecule has 6 heteroatoms. The smallest absolute Gasteiger partial charge is 0.217 e. The SMILES string of the molecule is C[C@H]1C(O)=C(C#N)C[C@@]2(C)c3nc(-c4ccncc4)nc(O)c3CC[C@H]12. The zero-order chi connectivity index (χ0) is 18.5. The Morgan fingerprint density at radius 2 is 1.96 bits per heavy atom. The van der Waals surface area contributed by atoms with Crippen molar-refractivity contribution in [1.82, 2.24) is 15.0 Å². The van der Waals surface area contributed by atoms with E-state index >= 15 is 0 Å². The summed E-state index contributed by atoms with van der Waals surface area (Å²) in [7, 11) is 0. The number of aliphatic hydroxyl groups is 1. The Kier molecular flexibility index (Phi) is 3.69. The molecular formula is C20H20N4O2. The van der Waals surface area contributed by atoms with E-state index in [1.165, 1.54) is 0 Å². The van der Waals surface area contributed by atoms with E-state index in [0.717, 1.165) is 23.2 Å². The van der Waals surface area contributed by atoms with Crippen molar-refractivity contribution in [3.8, 4) is 23.3 Å². The summed E-state index contributed by atoms with van der Waals surface area (Å²) in [4.78, 5) is 13.1. The molecule has 0 bridgehead atoms. The summed E-state index contributed by atoms with van der Waals surface area (Å²) in [6, 6.07) is 5.76. The van der Waals surface area contributed by atoms with Gasteiger partial charge in [-0.05, 0) is 37.3 Å². The molecule has 132 valence electrons. The average molecular weight is 348 g/mol. The molecule has 0 saturated heterocycles. The molecule has 0 aromatic carbocycles. The fourth-order valence-corrected chi connectivity index (χ4v) is 4.64. The number of fused-ring (bicyclic) bond motifs is 3. The maximum atomic E-state index is 10.6. The topological polar surface area (TPSA) is 103 Å². The highest BCUT2D eigenvalue weighted by Crippen LogP contribution is 2.53. The van der Waals surface area contributed by atoms with Gasteiger partial charge in [0.15, 0.2) is 5.82 Å².